The van der Waals surface area contributed by atoms with Crippen LogP contribution in [0.25, 0.3) is 0 Å². The Morgan fingerprint density at radius 3 is 3.14 bits per heavy atom. The zero-order chi connectivity index (χ0) is 9.97. The van der Waals surface area contributed by atoms with Gasteiger partial charge in [-0.15, -0.1) is 0 Å². The number of carbonyl (C=O) groups excluding carboxylic acids is 1. The Morgan fingerprint density at radius 1 is 1.64 bits per heavy atom. The maximum Gasteiger partial charge on any atom is 0.223 e. The number of carbonyl (C=O) groups is 1. The van der Waals surface area contributed by atoms with Crippen LogP contribution in [0, 0.1) is 12.8 Å². The minimum absolute atomic E-state index is 0.151. The van der Waals surface area contributed by atoms with Crippen LogP contribution >= 0.6 is 0 Å². The van der Waals surface area contributed by atoms with E-state index in [1.807, 2.05) is 19.1 Å². The van der Waals surface area contributed by atoms with E-state index >= 15 is 0 Å². The topological polar surface area (TPSA) is 42.0 Å². The van der Waals surface area contributed by atoms with Gasteiger partial charge in [0.1, 0.15) is 0 Å². The molecule has 3 heteroatoms. The molecule has 74 valence electrons. The molecular formula is C11H14N2O. The van der Waals surface area contributed by atoms with E-state index in [2.05, 4.69) is 10.3 Å². The third-order valence-electron chi connectivity index (χ3n) is 2.75. The molecule has 1 aromatic rings. The highest BCUT2D eigenvalue weighted by molar-refractivity contribution is 5.80. The van der Waals surface area contributed by atoms with Crippen LogP contribution in [-0.2, 0) is 11.2 Å². The van der Waals surface area contributed by atoms with Gasteiger partial charge in [-0.25, -0.2) is 0 Å². The van der Waals surface area contributed by atoms with Crippen LogP contribution < -0.4 is 5.32 Å². The smallest absolute Gasteiger partial charge is 0.223 e. The number of rotatable bonds is 2. The maximum atomic E-state index is 11.4. The molecule has 1 unspecified atom stereocenters. The first-order valence-corrected chi connectivity index (χ1v) is 4.95. The molecule has 1 N–H and O–H groups in total. The van der Waals surface area contributed by atoms with Crippen LogP contribution in [0.5, 0.6) is 0 Å². The van der Waals surface area contributed by atoms with Crippen molar-refractivity contribution in [3.05, 3.63) is 29.6 Å². The molecule has 1 fully saturated rings. The number of aryl methyl sites for hydroxylation is 1. The highest BCUT2D eigenvalue weighted by Crippen LogP contribution is 2.17. The molecule has 1 saturated heterocycles. The normalized spacial score (nSPS) is 20.9. The zero-order valence-electron chi connectivity index (χ0n) is 8.29. The SMILES string of the molecule is Cc1ncccc1CC1CCNC1=O. The summed E-state index contributed by atoms with van der Waals surface area (Å²) in [5.41, 5.74) is 2.22. The van der Waals surface area contributed by atoms with Gasteiger partial charge < -0.3 is 5.32 Å². The third-order valence-corrected chi connectivity index (χ3v) is 2.75. The van der Waals surface area contributed by atoms with Crippen LogP contribution in [0.4, 0.5) is 0 Å². The lowest BCUT2D eigenvalue weighted by Gasteiger charge is -2.08. The molecule has 1 atom stereocenters. The Balaban J connectivity index is 2.10. The molecule has 0 spiro atoms. The predicted molar refractivity (Wildman–Crippen MR) is 53.8 cm³/mol. The minimum atomic E-state index is 0.151. The van der Waals surface area contributed by atoms with Crippen molar-refractivity contribution in [1.29, 1.82) is 0 Å². The Kier molecular flexibility index (Phi) is 2.48. The maximum absolute atomic E-state index is 11.4. The monoisotopic (exact) mass is 190 g/mol. The summed E-state index contributed by atoms with van der Waals surface area (Å²) in [6.07, 6.45) is 3.56. The van der Waals surface area contributed by atoms with Crippen molar-refractivity contribution in [1.82, 2.24) is 10.3 Å². The van der Waals surface area contributed by atoms with Gasteiger partial charge >= 0.3 is 0 Å². The molecule has 3 nitrogen and oxygen atoms in total. The van der Waals surface area contributed by atoms with Crippen LogP contribution in [0.15, 0.2) is 18.3 Å². The Bertz CT molecular complexity index is 349. The van der Waals surface area contributed by atoms with E-state index in [0.717, 1.165) is 25.1 Å². The van der Waals surface area contributed by atoms with Crippen molar-refractivity contribution < 1.29 is 4.79 Å². The van der Waals surface area contributed by atoms with Crippen molar-refractivity contribution >= 4 is 5.91 Å². The zero-order valence-corrected chi connectivity index (χ0v) is 8.29. The van der Waals surface area contributed by atoms with Crippen molar-refractivity contribution in [2.24, 2.45) is 5.92 Å². The molecule has 0 aliphatic carbocycles. The van der Waals surface area contributed by atoms with Gasteiger partial charge in [0.2, 0.25) is 5.91 Å². The summed E-state index contributed by atoms with van der Waals surface area (Å²) in [6, 6.07) is 3.98. The van der Waals surface area contributed by atoms with E-state index in [9.17, 15) is 4.79 Å². The first-order valence-electron chi connectivity index (χ1n) is 4.95. The Morgan fingerprint density at radius 2 is 2.50 bits per heavy atom. The quantitative estimate of drug-likeness (QED) is 0.758. The van der Waals surface area contributed by atoms with Crippen LogP contribution in [-0.4, -0.2) is 17.4 Å². The summed E-state index contributed by atoms with van der Waals surface area (Å²) in [7, 11) is 0. The van der Waals surface area contributed by atoms with Crippen molar-refractivity contribution in [2.45, 2.75) is 19.8 Å². The fourth-order valence-electron chi connectivity index (χ4n) is 1.84. The fourth-order valence-corrected chi connectivity index (χ4v) is 1.84. The molecule has 2 heterocycles. The Labute approximate surface area is 83.5 Å². The number of nitrogens with zero attached hydrogens (tertiary/aromatic N) is 1. The van der Waals surface area contributed by atoms with E-state index in [-0.39, 0.29) is 11.8 Å². The number of hydrogen-bond acceptors (Lipinski definition) is 2. The van der Waals surface area contributed by atoms with Gasteiger partial charge in [0.15, 0.2) is 0 Å². The summed E-state index contributed by atoms with van der Waals surface area (Å²) in [6.45, 7) is 2.81. The van der Waals surface area contributed by atoms with E-state index in [4.69, 9.17) is 0 Å². The van der Waals surface area contributed by atoms with Gasteiger partial charge in [0.25, 0.3) is 0 Å². The van der Waals surface area contributed by atoms with Gasteiger partial charge in [-0.1, -0.05) is 6.07 Å². The van der Waals surface area contributed by atoms with Crippen molar-refractivity contribution in [3.8, 4) is 0 Å². The molecule has 1 aliphatic rings. The summed E-state index contributed by atoms with van der Waals surface area (Å²) in [5.74, 6) is 0.339. The van der Waals surface area contributed by atoms with E-state index < -0.39 is 0 Å². The second kappa shape index (κ2) is 3.78. The van der Waals surface area contributed by atoms with Crippen molar-refractivity contribution in [3.63, 3.8) is 0 Å². The number of nitrogens with one attached hydrogen (secondary N) is 1. The molecule has 1 aliphatic heterocycles. The molecule has 0 radical (unpaired) electrons. The molecule has 2 rings (SSSR count). The fraction of sp³-hybridized carbons (Fsp3) is 0.455. The second-order valence-electron chi connectivity index (χ2n) is 3.73. The lowest BCUT2D eigenvalue weighted by atomic mass is 9.97. The first kappa shape index (κ1) is 9.19. The average molecular weight is 190 g/mol. The predicted octanol–water partition coefficient (Wildman–Crippen LogP) is 1.07. The van der Waals surface area contributed by atoms with Gasteiger partial charge in [-0.05, 0) is 31.4 Å². The van der Waals surface area contributed by atoms with Crippen LogP contribution in [0.3, 0.4) is 0 Å². The molecule has 0 aromatic carbocycles. The molecule has 1 amide bonds. The van der Waals surface area contributed by atoms with Gasteiger partial charge in [0.05, 0.1) is 0 Å². The lowest BCUT2D eigenvalue weighted by Crippen LogP contribution is -2.20. The molecule has 0 bridgehead atoms. The number of pyridine rings is 1. The molecule has 1 aromatic heterocycles. The van der Waals surface area contributed by atoms with Crippen LogP contribution in [0.1, 0.15) is 17.7 Å². The number of hydrogen-bond donors (Lipinski definition) is 1. The average Bonchev–Trinajstić information content (AvgIpc) is 2.56. The number of aromatic nitrogens is 1. The standard InChI is InChI=1S/C11H14N2O/c1-8-9(3-2-5-12-8)7-10-4-6-13-11(10)14/h2-3,5,10H,4,6-7H2,1H3,(H,13,14). The first-order chi connectivity index (χ1) is 6.77. The van der Waals surface area contributed by atoms with E-state index in [1.165, 1.54) is 5.56 Å². The van der Waals surface area contributed by atoms with E-state index in [0.29, 0.717) is 0 Å². The highest BCUT2D eigenvalue weighted by Gasteiger charge is 2.24. The molecule has 14 heavy (non-hydrogen) atoms. The summed E-state index contributed by atoms with van der Waals surface area (Å²) >= 11 is 0. The summed E-state index contributed by atoms with van der Waals surface area (Å²) < 4.78 is 0. The largest absolute Gasteiger partial charge is 0.356 e. The highest BCUT2D eigenvalue weighted by atomic mass is 16.2. The summed E-state index contributed by atoms with van der Waals surface area (Å²) in [5, 5.41) is 2.85. The van der Waals surface area contributed by atoms with Gasteiger partial charge in [-0.3, -0.25) is 9.78 Å². The van der Waals surface area contributed by atoms with Gasteiger partial charge in [0, 0.05) is 24.4 Å². The summed E-state index contributed by atoms with van der Waals surface area (Å²) in [4.78, 5) is 15.6. The molecule has 0 saturated carbocycles. The third kappa shape index (κ3) is 1.76. The van der Waals surface area contributed by atoms with Crippen LogP contribution in [0.2, 0.25) is 0 Å². The van der Waals surface area contributed by atoms with Gasteiger partial charge in [-0.2, -0.15) is 0 Å². The minimum Gasteiger partial charge on any atom is -0.356 e. The van der Waals surface area contributed by atoms with Crippen molar-refractivity contribution in [2.75, 3.05) is 6.54 Å². The number of amides is 1. The van der Waals surface area contributed by atoms with E-state index in [1.54, 1.807) is 6.20 Å². The second-order valence-corrected chi connectivity index (χ2v) is 3.73. The Hall–Kier alpha value is -1.38. The molecular weight excluding hydrogens is 176 g/mol. The lowest BCUT2D eigenvalue weighted by molar-refractivity contribution is -0.122.